The zero-order valence-electron chi connectivity index (χ0n) is 19.9. The minimum absolute atomic E-state index is 0.0898. The molecular weight excluding hydrogens is 420 g/mol. The molecule has 3 fully saturated rings. The first-order chi connectivity index (χ1) is 16.3. The van der Waals surface area contributed by atoms with Crippen LogP contribution in [0.2, 0.25) is 0 Å². The summed E-state index contributed by atoms with van der Waals surface area (Å²) in [6.07, 6.45) is 7.75. The van der Waals surface area contributed by atoms with Crippen molar-refractivity contribution in [2.45, 2.75) is 63.3 Å². The van der Waals surface area contributed by atoms with Gasteiger partial charge >= 0.3 is 0 Å². The average molecular weight is 457 g/mol. The summed E-state index contributed by atoms with van der Waals surface area (Å²) in [5.74, 6) is 2.42. The number of methoxy groups -OCH3 is 2. The maximum Gasteiger partial charge on any atom is 0.173 e. The summed E-state index contributed by atoms with van der Waals surface area (Å²) in [6.45, 7) is 5.60. The number of tetrazole rings is 1. The summed E-state index contributed by atoms with van der Waals surface area (Å²) in [7, 11) is 3.39. The highest BCUT2D eigenvalue weighted by molar-refractivity contribution is 5.44. The summed E-state index contributed by atoms with van der Waals surface area (Å²) in [5, 5.41) is 13.0. The topological polar surface area (TPSA) is 77.8 Å². The number of hydrogen-bond acceptors (Lipinski definition) is 8. The predicted octanol–water partition coefficient (Wildman–Crippen LogP) is 2.52. The maximum absolute atomic E-state index is 5.88. The van der Waals surface area contributed by atoms with E-state index in [0.717, 1.165) is 74.6 Å². The monoisotopic (exact) mass is 456 g/mol. The smallest absolute Gasteiger partial charge is 0.173 e. The summed E-state index contributed by atoms with van der Waals surface area (Å²) in [4.78, 5) is 5.19. The maximum atomic E-state index is 5.88. The summed E-state index contributed by atoms with van der Waals surface area (Å²) >= 11 is 0. The van der Waals surface area contributed by atoms with Crippen molar-refractivity contribution < 1.29 is 14.2 Å². The first kappa shape index (κ1) is 22.6. The highest BCUT2D eigenvalue weighted by atomic mass is 16.5. The third-order valence-electron chi connectivity index (χ3n) is 7.50. The highest BCUT2D eigenvalue weighted by Crippen LogP contribution is 2.37. The molecule has 1 saturated carbocycles. The van der Waals surface area contributed by atoms with Crippen LogP contribution in [0.4, 0.5) is 0 Å². The Balaban J connectivity index is 1.44. The molecule has 9 nitrogen and oxygen atoms in total. The summed E-state index contributed by atoms with van der Waals surface area (Å²) < 4.78 is 19.1. The van der Waals surface area contributed by atoms with E-state index in [4.69, 9.17) is 14.2 Å². The van der Waals surface area contributed by atoms with Crippen LogP contribution in [0.1, 0.15) is 56.0 Å². The van der Waals surface area contributed by atoms with Gasteiger partial charge in [0.2, 0.25) is 0 Å². The number of aromatic nitrogens is 4. The molecule has 2 aromatic rings. The third kappa shape index (κ3) is 4.85. The van der Waals surface area contributed by atoms with Gasteiger partial charge in [0.15, 0.2) is 5.82 Å². The van der Waals surface area contributed by atoms with Gasteiger partial charge < -0.3 is 14.2 Å². The summed E-state index contributed by atoms with van der Waals surface area (Å²) in [5.41, 5.74) is 1.07. The van der Waals surface area contributed by atoms with E-state index in [1.807, 2.05) is 16.8 Å². The first-order valence-corrected chi connectivity index (χ1v) is 12.3. The molecule has 0 unspecified atom stereocenters. The Kier molecular flexibility index (Phi) is 7.08. The zero-order valence-corrected chi connectivity index (χ0v) is 19.9. The van der Waals surface area contributed by atoms with E-state index in [0.29, 0.717) is 6.54 Å². The Morgan fingerprint density at radius 1 is 1.03 bits per heavy atom. The molecule has 3 heterocycles. The van der Waals surface area contributed by atoms with Crippen LogP contribution >= 0.6 is 0 Å². The van der Waals surface area contributed by atoms with Crippen LogP contribution in [0.15, 0.2) is 18.2 Å². The fourth-order valence-corrected chi connectivity index (χ4v) is 5.69. The molecule has 0 amide bonds. The van der Waals surface area contributed by atoms with Crippen molar-refractivity contribution in [3.8, 4) is 11.5 Å². The molecule has 0 radical (unpaired) electrons. The molecule has 3 aliphatic rings. The van der Waals surface area contributed by atoms with Gasteiger partial charge in [0.25, 0.3) is 0 Å². The third-order valence-corrected chi connectivity index (χ3v) is 7.50. The molecule has 180 valence electrons. The number of piperazine rings is 1. The van der Waals surface area contributed by atoms with Crippen molar-refractivity contribution in [1.82, 2.24) is 30.0 Å². The number of nitrogens with zero attached hydrogens (tertiary/aromatic N) is 6. The minimum atomic E-state index is -0.0898. The Bertz CT molecular complexity index is 901. The molecule has 5 rings (SSSR count). The lowest BCUT2D eigenvalue weighted by molar-refractivity contribution is 0.0714. The van der Waals surface area contributed by atoms with Gasteiger partial charge in [-0.2, -0.15) is 0 Å². The van der Waals surface area contributed by atoms with Crippen molar-refractivity contribution >= 4 is 0 Å². The molecule has 2 atom stereocenters. The van der Waals surface area contributed by atoms with Gasteiger partial charge in [-0.05, 0) is 48.2 Å². The quantitative estimate of drug-likeness (QED) is 0.600. The van der Waals surface area contributed by atoms with Crippen LogP contribution in [-0.2, 0) is 11.3 Å². The van der Waals surface area contributed by atoms with E-state index in [1.54, 1.807) is 14.2 Å². The number of rotatable bonds is 8. The van der Waals surface area contributed by atoms with Crippen molar-refractivity contribution in [2.24, 2.45) is 0 Å². The van der Waals surface area contributed by atoms with E-state index in [1.165, 1.54) is 25.7 Å². The Morgan fingerprint density at radius 2 is 1.85 bits per heavy atom. The molecule has 0 bridgehead atoms. The molecule has 1 aromatic carbocycles. The molecule has 1 aromatic heterocycles. The standard InChI is InChI=1S/C24H36N6O3/c1-31-19-9-10-21(22(16-19)32-2)23(24-25-26-27-30(24)17-20-8-5-15-33-20)29-13-11-28(12-14-29)18-6-3-4-7-18/h9-10,16,18,20,23H,3-8,11-15,17H2,1-2H3/t20-,23+/m0/s1. The fourth-order valence-electron chi connectivity index (χ4n) is 5.69. The van der Waals surface area contributed by atoms with Gasteiger partial charge in [-0.25, -0.2) is 4.68 Å². The van der Waals surface area contributed by atoms with Gasteiger partial charge in [0, 0.05) is 50.5 Å². The molecular formula is C24H36N6O3. The normalized spacial score (nSPS) is 23.8. The van der Waals surface area contributed by atoms with Crippen LogP contribution in [0.5, 0.6) is 11.5 Å². The van der Waals surface area contributed by atoms with E-state index < -0.39 is 0 Å². The molecule has 0 spiro atoms. The molecule has 9 heteroatoms. The van der Waals surface area contributed by atoms with Gasteiger partial charge in [0.1, 0.15) is 17.5 Å². The zero-order chi connectivity index (χ0) is 22.6. The lowest BCUT2D eigenvalue weighted by Gasteiger charge is -2.41. The van der Waals surface area contributed by atoms with Crippen LogP contribution in [0.25, 0.3) is 0 Å². The van der Waals surface area contributed by atoms with Crippen LogP contribution in [0.3, 0.4) is 0 Å². The number of ether oxygens (including phenoxy) is 3. The van der Waals surface area contributed by atoms with E-state index in [-0.39, 0.29) is 12.1 Å². The van der Waals surface area contributed by atoms with Crippen molar-refractivity contribution in [2.75, 3.05) is 47.0 Å². The van der Waals surface area contributed by atoms with Gasteiger partial charge in [-0.1, -0.05) is 12.8 Å². The second-order valence-electron chi connectivity index (χ2n) is 9.37. The number of benzene rings is 1. The van der Waals surface area contributed by atoms with Crippen LogP contribution < -0.4 is 9.47 Å². The lowest BCUT2D eigenvalue weighted by atomic mass is 10.0. The van der Waals surface area contributed by atoms with Crippen LogP contribution in [0, 0.1) is 0 Å². The average Bonchev–Trinajstić information content (AvgIpc) is 3.64. The van der Waals surface area contributed by atoms with Gasteiger partial charge in [-0.3, -0.25) is 9.80 Å². The molecule has 33 heavy (non-hydrogen) atoms. The predicted molar refractivity (Wildman–Crippen MR) is 124 cm³/mol. The Morgan fingerprint density at radius 3 is 2.55 bits per heavy atom. The minimum Gasteiger partial charge on any atom is -0.497 e. The van der Waals surface area contributed by atoms with Crippen LogP contribution in [-0.4, -0.2) is 89.2 Å². The molecule has 0 N–H and O–H groups in total. The van der Waals surface area contributed by atoms with E-state index in [9.17, 15) is 0 Å². The van der Waals surface area contributed by atoms with Gasteiger partial charge in [-0.15, -0.1) is 5.10 Å². The molecule has 2 aliphatic heterocycles. The van der Waals surface area contributed by atoms with Crippen molar-refractivity contribution in [1.29, 1.82) is 0 Å². The Hall–Kier alpha value is -2.23. The van der Waals surface area contributed by atoms with Gasteiger partial charge in [0.05, 0.1) is 26.9 Å². The largest absolute Gasteiger partial charge is 0.497 e. The summed E-state index contributed by atoms with van der Waals surface area (Å²) in [6, 6.07) is 6.70. The molecule has 1 aliphatic carbocycles. The first-order valence-electron chi connectivity index (χ1n) is 12.3. The van der Waals surface area contributed by atoms with Crippen molar-refractivity contribution in [3.05, 3.63) is 29.6 Å². The lowest BCUT2D eigenvalue weighted by Crippen LogP contribution is -2.51. The highest BCUT2D eigenvalue weighted by Gasteiger charge is 2.35. The number of hydrogen-bond donors (Lipinski definition) is 0. The fraction of sp³-hybridized carbons (Fsp3) is 0.708. The SMILES string of the molecule is COc1ccc([C@H](c2nnnn2C[C@@H]2CCCO2)N2CCN(C3CCCC3)CC2)c(OC)c1. The molecule has 2 saturated heterocycles. The second-order valence-corrected chi connectivity index (χ2v) is 9.37. The van der Waals surface area contributed by atoms with E-state index in [2.05, 4.69) is 31.4 Å². The second kappa shape index (κ2) is 10.4. The Labute approximate surface area is 196 Å². The van der Waals surface area contributed by atoms with E-state index >= 15 is 0 Å². The van der Waals surface area contributed by atoms with Crippen molar-refractivity contribution in [3.63, 3.8) is 0 Å².